The molecule has 0 bridgehead atoms. The molecule has 0 aromatic heterocycles. The first-order valence-corrected chi connectivity index (χ1v) is 7.18. The van der Waals surface area contributed by atoms with Gasteiger partial charge in [0.25, 0.3) is 0 Å². The summed E-state index contributed by atoms with van der Waals surface area (Å²) >= 11 is 0. The van der Waals surface area contributed by atoms with Crippen molar-refractivity contribution >= 4 is 17.9 Å². The van der Waals surface area contributed by atoms with Gasteiger partial charge >= 0.3 is 17.9 Å². The van der Waals surface area contributed by atoms with Gasteiger partial charge in [-0.2, -0.15) is 14.7 Å². The quantitative estimate of drug-likeness (QED) is 0.177. The third-order valence-electron chi connectivity index (χ3n) is 2.85. The van der Waals surface area contributed by atoms with Gasteiger partial charge in [-0.05, 0) is 0 Å². The van der Waals surface area contributed by atoms with Crippen molar-refractivity contribution in [1.82, 2.24) is 0 Å². The summed E-state index contributed by atoms with van der Waals surface area (Å²) in [5.41, 5.74) is -2.34. The minimum absolute atomic E-state index is 0.707. The highest BCUT2D eigenvalue weighted by Gasteiger charge is 2.50. The monoisotopic (exact) mass is 392 g/mol. The first-order valence-electron chi connectivity index (χ1n) is 7.18. The van der Waals surface area contributed by atoms with Gasteiger partial charge in [0.2, 0.25) is 0 Å². The molecule has 0 aromatic carbocycles. The normalized spacial score (nSPS) is 13.0. The van der Waals surface area contributed by atoms with E-state index in [4.69, 9.17) is 9.78 Å². The molecule has 0 aliphatic carbocycles. The number of carbonyl (C=O) groups is 3. The molecule has 0 heterocycles. The van der Waals surface area contributed by atoms with Crippen LogP contribution >= 0.6 is 0 Å². The second-order valence-electron chi connectivity index (χ2n) is 4.62. The van der Waals surface area contributed by atoms with E-state index in [0.717, 1.165) is 6.08 Å². The standard InChI is InChI=1S/C15H20O12/c1-4-11(19)23-22-10(7-16)14(26-24-12(20)5-2)15(8-17,9-18)27-25-13(21)6-3/h4-6,10,14,16-18H,1-3,7-9H2. The summed E-state index contributed by atoms with van der Waals surface area (Å²) in [5, 5.41) is 28.7. The molecular weight excluding hydrogens is 372 g/mol. The van der Waals surface area contributed by atoms with Crippen LogP contribution in [0.4, 0.5) is 0 Å². The second-order valence-corrected chi connectivity index (χ2v) is 4.62. The SMILES string of the molecule is C=CC(=O)OOC(CO)C(OOC(=O)C=C)C(CO)(CO)OOC(=O)C=C. The zero-order valence-corrected chi connectivity index (χ0v) is 14.1. The molecular formula is C15H20O12. The molecule has 0 aliphatic heterocycles. The van der Waals surface area contributed by atoms with Gasteiger partial charge < -0.3 is 15.3 Å². The van der Waals surface area contributed by atoms with Gasteiger partial charge in [0.1, 0.15) is 0 Å². The maximum Gasteiger partial charge on any atom is 0.365 e. The Hall–Kier alpha value is -2.61. The van der Waals surface area contributed by atoms with Gasteiger partial charge in [-0.15, -0.1) is 0 Å². The van der Waals surface area contributed by atoms with E-state index < -0.39 is 55.5 Å². The summed E-state index contributed by atoms with van der Waals surface area (Å²) in [6.07, 6.45) is -1.43. The molecule has 0 spiro atoms. The zero-order chi connectivity index (χ0) is 20.9. The van der Waals surface area contributed by atoms with Crippen molar-refractivity contribution in [2.75, 3.05) is 19.8 Å². The van der Waals surface area contributed by atoms with Gasteiger partial charge in [-0.25, -0.2) is 14.4 Å². The number of hydrogen-bond acceptors (Lipinski definition) is 12. The van der Waals surface area contributed by atoms with Crippen LogP contribution in [-0.4, -0.2) is 70.9 Å². The topological polar surface area (TPSA) is 167 Å². The average molecular weight is 392 g/mol. The Morgan fingerprint density at radius 3 is 1.67 bits per heavy atom. The minimum atomic E-state index is -2.34. The second kappa shape index (κ2) is 12.7. The maximum absolute atomic E-state index is 11.2. The van der Waals surface area contributed by atoms with E-state index in [-0.39, 0.29) is 0 Å². The summed E-state index contributed by atoms with van der Waals surface area (Å²) in [5.74, 6) is -3.27. The molecule has 2 atom stereocenters. The van der Waals surface area contributed by atoms with Crippen molar-refractivity contribution in [2.24, 2.45) is 0 Å². The number of rotatable bonds is 14. The smallest absolute Gasteiger partial charge is 0.365 e. The Kier molecular flexibility index (Phi) is 11.5. The zero-order valence-electron chi connectivity index (χ0n) is 14.1. The van der Waals surface area contributed by atoms with Gasteiger partial charge in [-0.3, -0.25) is 14.7 Å². The predicted octanol–water partition coefficient (Wildman–Crippen LogP) is -1.58. The molecule has 12 heteroatoms. The number of aliphatic hydroxyl groups excluding tert-OH is 3. The molecule has 0 radical (unpaired) electrons. The highest BCUT2D eigenvalue weighted by atomic mass is 17.3. The molecule has 0 aliphatic rings. The molecule has 0 aromatic rings. The highest BCUT2D eigenvalue weighted by molar-refractivity contribution is 5.81. The van der Waals surface area contributed by atoms with Crippen LogP contribution in [0.5, 0.6) is 0 Å². The Morgan fingerprint density at radius 1 is 0.815 bits per heavy atom. The van der Waals surface area contributed by atoms with E-state index in [1.807, 2.05) is 0 Å². The van der Waals surface area contributed by atoms with Crippen molar-refractivity contribution in [3.8, 4) is 0 Å². The van der Waals surface area contributed by atoms with Crippen molar-refractivity contribution in [1.29, 1.82) is 0 Å². The lowest BCUT2D eigenvalue weighted by molar-refractivity contribution is -0.430. The molecule has 0 saturated carbocycles. The van der Waals surface area contributed by atoms with E-state index in [1.165, 1.54) is 0 Å². The maximum atomic E-state index is 11.2. The number of hydrogen-bond donors (Lipinski definition) is 3. The fourth-order valence-corrected chi connectivity index (χ4v) is 1.43. The van der Waals surface area contributed by atoms with Gasteiger partial charge in [0.15, 0.2) is 17.8 Å². The Bertz CT molecular complexity index is 539. The first kappa shape index (κ1) is 24.4. The predicted molar refractivity (Wildman–Crippen MR) is 83.7 cm³/mol. The van der Waals surface area contributed by atoms with E-state index in [1.54, 1.807) is 0 Å². The summed E-state index contributed by atoms with van der Waals surface area (Å²) < 4.78 is 0. The van der Waals surface area contributed by atoms with Crippen LogP contribution in [0.15, 0.2) is 38.0 Å². The fraction of sp³-hybridized carbons (Fsp3) is 0.400. The van der Waals surface area contributed by atoms with E-state index >= 15 is 0 Å². The van der Waals surface area contributed by atoms with Crippen LogP contribution < -0.4 is 0 Å². The summed E-state index contributed by atoms with van der Waals surface area (Å²) in [4.78, 5) is 60.6. The Morgan fingerprint density at radius 2 is 1.26 bits per heavy atom. The average Bonchev–Trinajstić information content (AvgIpc) is 2.71. The minimum Gasteiger partial charge on any atom is -0.393 e. The summed E-state index contributed by atoms with van der Waals surface area (Å²) in [7, 11) is 0. The molecule has 0 amide bonds. The van der Waals surface area contributed by atoms with Crippen molar-refractivity contribution < 1.29 is 59.0 Å². The van der Waals surface area contributed by atoms with E-state index in [9.17, 15) is 29.7 Å². The van der Waals surface area contributed by atoms with Gasteiger partial charge in [0, 0.05) is 18.2 Å². The molecule has 0 fully saturated rings. The van der Waals surface area contributed by atoms with E-state index in [2.05, 4.69) is 39.3 Å². The third kappa shape index (κ3) is 7.65. The lowest BCUT2D eigenvalue weighted by Crippen LogP contribution is -2.59. The fourth-order valence-electron chi connectivity index (χ4n) is 1.43. The Balaban J connectivity index is 5.67. The lowest BCUT2D eigenvalue weighted by Gasteiger charge is -2.36. The van der Waals surface area contributed by atoms with Crippen LogP contribution in [-0.2, 0) is 43.7 Å². The van der Waals surface area contributed by atoms with Crippen molar-refractivity contribution in [3.63, 3.8) is 0 Å². The van der Waals surface area contributed by atoms with Crippen LogP contribution in [0.1, 0.15) is 0 Å². The molecule has 152 valence electrons. The molecule has 0 rings (SSSR count). The molecule has 2 unspecified atom stereocenters. The first-order chi connectivity index (χ1) is 12.8. The van der Waals surface area contributed by atoms with Crippen molar-refractivity contribution in [2.45, 2.75) is 17.8 Å². The number of carbonyl (C=O) groups excluding carboxylic acids is 3. The largest absolute Gasteiger partial charge is 0.393 e. The number of aliphatic hydroxyl groups is 3. The third-order valence-corrected chi connectivity index (χ3v) is 2.85. The highest BCUT2D eigenvalue weighted by Crippen LogP contribution is 2.25. The molecule has 12 nitrogen and oxygen atoms in total. The van der Waals surface area contributed by atoms with Gasteiger partial charge in [0.05, 0.1) is 19.8 Å². The molecule has 3 N–H and O–H groups in total. The molecule has 0 saturated heterocycles. The summed E-state index contributed by atoms with van der Waals surface area (Å²) in [6.45, 7) is 6.20. The van der Waals surface area contributed by atoms with Crippen LogP contribution in [0.25, 0.3) is 0 Å². The lowest BCUT2D eigenvalue weighted by atomic mass is 9.94. The van der Waals surface area contributed by atoms with Crippen LogP contribution in [0.3, 0.4) is 0 Å². The summed E-state index contributed by atoms with van der Waals surface area (Å²) in [6, 6.07) is 0. The van der Waals surface area contributed by atoms with Crippen LogP contribution in [0, 0.1) is 0 Å². The van der Waals surface area contributed by atoms with Crippen LogP contribution in [0.2, 0.25) is 0 Å². The van der Waals surface area contributed by atoms with Crippen molar-refractivity contribution in [3.05, 3.63) is 38.0 Å². The van der Waals surface area contributed by atoms with Gasteiger partial charge in [-0.1, -0.05) is 19.7 Å². The van der Waals surface area contributed by atoms with E-state index in [0.29, 0.717) is 12.2 Å². The molecule has 27 heavy (non-hydrogen) atoms. The Labute approximate surface area is 153 Å².